The first-order valence-corrected chi connectivity index (χ1v) is 8.05. The maximum absolute atomic E-state index is 12.2. The van der Waals surface area contributed by atoms with Gasteiger partial charge in [-0.1, -0.05) is 45.7 Å². The Kier molecular flexibility index (Phi) is 5.56. The second kappa shape index (κ2) is 7.22. The van der Waals surface area contributed by atoms with Gasteiger partial charge in [-0.25, -0.2) is 0 Å². The lowest BCUT2D eigenvalue weighted by molar-refractivity contribution is 0.104. The molecule has 0 fully saturated rings. The monoisotopic (exact) mass is 442 g/mol. The topological polar surface area (TPSA) is 54.4 Å². The summed E-state index contributed by atoms with van der Waals surface area (Å²) in [5.41, 5.74) is 0.00861. The maximum atomic E-state index is 12.2. The average Bonchev–Trinajstić information content (AvgIpc) is 2.57. The summed E-state index contributed by atoms with van der Waals surface area (Å²) < 4.78 is 0.658. The first kappa shape index (κ1) is 16.9. The van der Waals surface area contributed by atoms with Crippen LogP contribution < -0.4 is 5.43 Å². The summed E-state index contributed by atoms with van der Waals surface area (Å²) in [6, 6.07) is 9.83. The molecule has 0 saturated heterocycles. The largest absolute Gasteiger partial charge is 0.504 e. The summed E-state index contributed by atoms with van der Waals surface area (Å²) in [5.74, 6) is -1.09. The van der Waals surface area contributed by atoms with E-state index in [-0.39, 0.29) is 10.0 Å². The lowest BCUT2D eigenvalue weighted by Crippen LogP contribution is -2.03. The Labute approximate surface area is 148 Å². The quantitative estimate of drug-likeness (QED) is 0.545. The smallest absolute Gasteiger partial charge is 0.235 e. The van der Waals surface area contributed by atoms with Gasteiger partial charge >= 0.3 is 0 Å². The Bertz CT molecular complexity index is 832. The molecule has 0 heterocycles. The number of rotatable bonds is 3. The molecule has 22 heavy (non-hydrogen) atoms. The van der Waals surface area contributed by atoms with Crippen molar-refractivity contribution in [3.63, 3.8) is 0 Å². The van der Waals surface area contributed by atoms with Crippen molar-refractivity contribution in [2.45, 2.75) is 0 Å². The Balaban J connectivity index is 2.43. The van der Waals surface area contributed by atoms with Crippen LogP contribution in [-0.2, 0) is 0 Å². The van der Waals surface area contributed by atoms with Crippen LogP contribution >= 0.6 is 43.5 Å². The van der Waals surface area contributed by atoms with Gasteiger partial charge in [0.05, 0.1) is 10.0 Å². The summed E-state index contributed by atoms with van der Waals surface area (Å²) in [7, 11) is 0. The van der Waals surface area contributed by atoms with Crippen molar-refractivity contribution in [3.8, 4) is 5.75 Å². The number of benzene rings is 1. The fourth-order valence-corrected chi connectivity index (χ4v) is 3.13. The molecule has 0 spiro atoms. The van der Waals surface area contributed by atoms with E-state index in [1.807, 2.05) is 0 Å². The van der Waals surface area contributed by atoms with Gasteiger partial charge in [-0.15, -0.1) is 0 Å². The van der Waals surface area contributed by atoms with Crippen molar-refractivity contribution in [2.75, 3.05) is 0 Å². The lowest BCUT2D eigenvalue weighted by atomic mass is 10.1. The molecule has 2 aromatic carbocycles. The number of halogens is 3. The minimum Gasteiger partial charge on any atom is -0.504 e. The first-order valence-electron chi connectivity index (χ1n) is 6.09. The molecule has 0 aliphatic heterocycles. The molecule has 0 saturated carbocycles. The third-order valence-corrected chi connectivity index (χ3v) is 4.06. The molecule has 0 unspecified atom stereocenters. The van der Waals surface area contributed by atoms with Crippen molar-refractivity contribution in [3.05, 3.63) is 77.8 Å². The van der Waals surface area contributed by atoms with E-state index in [9.17, 15) is 14.7 Å². The highest BCUT2D eigenvalue weighted by Gasteiger charge is 2.13. The number of hydrogen-bond acceptors (Lipinski definition) is 3. The van der Waals surface area contributed by atoms with Gasteiger partial charge in [0.2, 0.25) is 5.43 Å². The van der Waals surface area contributed by atoms with Crippen molar-refractivity contribution in [2.24, 2.45) is 0 Å². The standard InChI is InChI=1S/C16H9Br2ClO3/c17-10-7-12(15(21)16(22)13(18)8-10)14(20)5-4-9-2-1-3-11(19)6-9/h1-8H,(H,21,22)/b5-4+. The zero-order valence-corrected chi connectivity index (χ0v) is 14.9. The van der Waals surface area contributed by atoms with Gasteiger partial charge in [0.15, 0.2) is 11.5 Å². The van der Waals surface area contributed by atoms with Crippen LogP contribution in [0, 0.1) is 0 Å². The average molecular weight is 445 g/mol. The van der Waals surface area contributed by atoms with E-state index in [2.05, 4.69) is 31.9 Å². The molecular weight excluding hydrogens is 435 g/mol. The molecule has 1 N–H and O–H groups in total. The second-order valence-electron chi connectivity index (χ2n) is 4.37. The summed E-state index contributed by atoms with van der Waals surface area (Å²) >= 11 is 12.1. The Morgan fingerprint density at radius 3 is 2.59 bits per heavy atom. The van der Waals surface area contributed by atoms with Gasteiger partial charge in [-0.2, -0.15) is 0 Å². The molecule has 0 radical (unpaired) electrons. The van der Waals surface area contributed by atoms with Crippen molar-refractivity contribution < 1.29 is 9.90 Å². The van der Waals surface area contributed by atoms with Crippen LogP contribution in [0.3, 0.4) is 0 Å². The fourth-order valence-electron chi connectivity index (χ4n) is 1.73. The molecule has 0 aliphatic rings. The van der Waals surface area contributed by atoms with E-state index >= 15 is 0 Å². The highest BCUT2D eigenvalue weighted by Crippen LogP contribution is 2.22. The summed E-state index contributed by atoms with van der Waals surface area (Å²) in [4.78, 5) is 24.1. The van der Waals surface area contributed by atoms with Crippen LogP contribution in [0.2, 0.25) is 5.02 Å². The van der Waals surface area contributed by atoms with Gasteiger partial charge < -0.3 is 5.11 Å². The van der Waals surface area contributed by atoms with Gasteiger partial charge in [0.1, 0.15) is 0 Å². The predicted molar refractivity (Wildman–Crippen MR) is 94.6 cm³/mol. The number of hydrogen-bond donors (Lipinski definition) is 1. The van der Waals surface area contributed by atoms with E-state index in [0.29, 0.717) is 9.50 Å². The first-order chi connectivity index (χ1) is 10.4. The van der Waals surface area contributed by atoms with Crippen LogP contribution in [0.1, 0.15) is 15.9 Å². The second-order valence-corrected chi connectivity index (χ2v) is 6.57. The van der Waals surface area contributed by atoms with Crippen LogP contribution in [-0.4, -0.2) is 10.9 Å². The normalized spacial score (nSPS) is 10.9. The van der Waals surface area contributed by atoms with E-state index < -0.39 is 17.0 Å². The Morgan fingerprint density at radius 2 is 1.91 bits per heavy atom. The molecule has 0 bridgehead atoms. The SMILES string of the molecule is O=C(/C=C/c1cccc(Cl)c1)c1cc(Br)cc(Br)c(=O)c1O. The molecular formula is C16H9Br2ClO3. The van der Waals surface area contributed by atoms with Crippen LogP contribution in [0.15, 0.2) is 56.2 Å². The third-order valence-electron chi connectivity index (χ3n) is 2.78. The highest BCUT2D eigenvalue weighted by molar-refractivity contribution is 9.11. The number of ketones is 1. The molecule has 3 nitrogen and oxygen atoms in total. The van der Waals surface area contributed by atoms with Crippen molar-refractivity contribution >= 4 is 55.3 Å². The zero-order chi connectivity index (χ0) is 16.3. The molecule has 0 aromatic heterocycles. The van der Waals surface area contributed by atoms with Crippen LogP contribution in [0.25, 0.3) is 6.08 Å². The third kappa shape index (κ3) is 4.06. The van der Waals surface area contributed by atoms with Gasteiger partial charge in [0, 0.05) is 9.50 Å². The predicted octanol–water partition coefficient (Wildman–Crippen LogP) is 4.83. The fraction of sp³-hybridized carbons (Fsp3) is 0. The summed E-state index contributed by atoms with van der Waals surface area (Å²) in [5, 5.41) is 10.5. The van der Waals surface area contributed by atoms with Crippen LogP contribution in [0.5, 0.6) is 5.75 Å². The van der Waals surface area contributed by atoms with Crippen LogP contribution in [0.4, 0.5) is 0 Å². The number of allylic oxidation sites excluding steroid dienone is 1. The summed E-state index contributed by atoms with van der Waals surface area (Å²) in [6.07, 6.45) is 2.84. The number of aromatic hydroxyl groups is 1. The number of carbonyl (C=O) groups excluding carboxylic acids is 1. The molecule has 0 aliphatic carbocycles. The lowest BCUT2D eigenvalue weighted by Gasteiger charge is -1.97. The molecule has 0 atom stereocenters. The molecule has 112 valence electrons. The molecule has 2 rings (SSSR count). The van der Waals surface area contributed by atoms with E-state index in [1.54, 1.807) is 30.3 Å². The van der Waals surface area contributed by atoms with Crippen molar-refractivity contribution in [1.82, 2.24) is 0 Å². The molecule has 0 amide bonds. The highest BCUT2D eigenvalue weighted by atomic mass is 79.9. The minimum absolute atomic E-state index is 0.0825. The van der Waals surface area contributed by atoms with Gasteiger partial charge in [-0.05, 0) is 51.8 Å². The summed E-state index contributed by atoms with van der Waals surface area (Å²) in [6.45, 7) is 0. The zero-order valence-electron chi connectivity index (χ0n) is 11.0. The molecule has 6 heteroatoms. The Hall–Kier alpha value is -1.43. The van der Waals surface area contributed by atoms with E-state index in [0.717, 1.165) is 5.56 Å². The van der Waals surface area contributed by atoms with Gasteiger partial charge in [-0.3, -0.25) is 9.59 Å². The van der Waals surface area contributed by atoms with E-state index in [4.69, 9.17) is 11.6 Å². The number of carbonyl (C=O) groups is 1. The van der Waals surface area contributed by atoms with Gasteiger partial charge in [0.25, 0.3) is 0 Å². The Morgan fingerprint density at radius 1 is 1.18 bits per heavy atom. The van der Waals surface area contributed by atoms with Crippen molar-refractivity contribution in [1.29, 1.82) is 0 Å². The minimum atomic E-state index is -0.648. The molecule has 2 aromatic rings. The van der Waals surface area contributed by atoms with E-state index in [1.165, 1.54) is 18.2 Å². The maximum Gasteiger partial charge on any atom is 0.235 e.